The van der Waals surface area contributed by atoms with Gasteiger partial charge in [0.05, 0.1) is 18.4 Å². The van der Waals surface area contributed by atoms with Gasteiger partial charge in [0.25, 0.3) is 0 Å². The molecule has 0 bridgehead atoms. The molecule has 1 saturated heterocycles. The van der Waals surface area contributed by atoms with Gasteiger partial charge in [-0.05, 0) is 82.1 Å². The lowest BCUT2D eigenvalue weighted by Crippen LogP contribution is -2.38. The predicted octanol–water partition coefficient (Wildman–Crippen LogP) is 5.91. The van der Waals surface area contributed by atoms with Crippen molar-refractivity contribution >= 4 is 16.6 Å². The van der Waals surface area contributed by atoms with Gasteiger partial charge >= 0.3 is 0 Å². The molecule has 1 fully saturated rings. The minimum absolute atomic E-state index is 0.0941. The summed E-state index contributed by atoms with van der Waals surface area (Å²) in [6, 6.07) is 9.73. The van der Waals surface area contributed by atoms with Crippen molar-refractivity contribution in [3.05, 3.63) is 71.3 Å². The molecule has 38 heavy (non-hydrogen) atoms. The summed E-state index contributed by atoms with van der Waals surface area (Å²) in [4.78, 5) is 16.7. The highest BCUT2D eigenvalue weighted by Gasteiger charge is 2.26. The van der Waals surface area contributed by atoms with Crippen LogP contribution in [0.2, 0.25) is 0 Å². The quantitative estimate of drug-likeness (QED) is 0.357. The fraction of sp³-hybridized carbons (Fsp3) is 0.400. The summed E-state index contributed by atoms with van der Waals surface area (Å²) in [5.74, 6) is 0.144. The van der Waals surface area contributed by atoms with E-state index in [-0.39, 0.29) is 17.5 Å². The molecule has 2 aliphatic heterocycles. The molecule has 2 aliphatic rings. The maximum atomic E-state index is 15.1. The molecule has 4 aromatic rings. The van der Waals surface area contributed by atoms with Crippen LogP contribution in [0.15, 0.2) is 42.7 Å². The molecule has 198 valence electrons. The summed E-state index contributed by atoms with van der Waals surface area (Å²) in [7, 11) is 2.18. The number of H-pyrrole nitrogens is 1. The number of anilines is 1. The maximum absolute atomic E-state index is 15.1. The first-order valence-electron chi connectivity index (χ1n) is 13.4. The zero-order valence-electron chi connectivity index (χ0n) is 22.1. The molecule has 0 saturated carbocycles. The molecule has 1 N–H and O–H groups in total. The number of hydrogen-bond acceptors (Lipinski definition) is 5. The van der Waals surface area contributed by atoms with E-state index < -0.39 is 11.6 Å². The van der Waals surface area contributed by atoms with Crippen LogP contribution in [0.1, 0.15) is 49.6 Å². The third kappa shape index (κ3) is 4.51. The molecular formula is C30H33F2N5O. The van der Waals surface area contributed by atoms with Gasteiger partial charge in [0.15, 0.2) is 17.4 Å². The number of nitrogens with one attached hydrogen (secondary N) is 1. The molecule has 0 unspecified atom stereocenters. The van der Waals surface area contributed by atoms with Gasteiger partial charge in [0.2, 0.25) is 0 Å². The zero-order chi connectivity index (χ0) is 26.4. The zero-order valence-corrected chi connectivity index (χ0v) is 22.1. The minimum Gasteiger partial charge on any atom is -0.486 e. The second-order valence-electron chi connectivity index (χ2n) is 10.8. The highest BCUT2D eigenvalue weighted by molar-refractivity contribution is 5.86. The monoisotopic (exact) mass is 517 g/mol. The highest BCUT2D eigenvalue weighted by Crippen LogP contribution is 2.39. The van der Waals surface area contributed by atoms with Gasteiger partial charge in [-0.25, -0.2) is 18.7 Å². The summed E-state index contributed by atoms with van der Waals surface area (Å²) in [6.07, 6.45) is 5.90. The summed E-state index contributed by atoms with van der Waals surface area (Å²) < 4.78 is 35.7. The second kappa shape index (κ2) is 9.98. The molecule has 2 aromatic carbocycles. The largest absolute Gasteiger partial charge is 0.486 e. The molecule has 4 heterocycles. The lowest BCUT2D eigenvalue weighted by Gasteiger charge is -2.34. The van der Waals surface area contributed by atoms with Gasteiger partial charge in [0, 0.05) is 35.1 Å². The van der Waals surface area contributed by atoms with Crippen LogP contribution in [-0.4, -0.2) is 59.2 Å². The Morgan fingerprint density at radius 3 is 2.68 bits per heavy atom. The number of benzene rings is 2. The number of aromatic amines is 1. The number of rotatable bonds is 5. The Balaban J connectivity index is 1.33. The Labute approximate surface area is 221 Å². The molecule has 6 nitrogen and oxygen atoms in total. The van der Waals surface area contributed by atoms with E-state index in [9.17, 15) is 0 Å². The van der Waals surface area contributed by atoms with E-state index in [1.54, 1.807) is 6.07 Å². The SMILES string of the molecule is CC(C)N1CCOc2c(F)cc(-c3nc(Cc4ccc(C5CCN(C)CC5)c5cc[nH]c45)ncc3F)cc21. The molecule has 0 amide bonds. The Kier molecular flexibility index (Phi) is 6.51. The molecule has 2 aromatic heterocycles. The van der Waals surface area contributed by atoms with Gasteiger partial charge in [0.1, 0.15) is 18.1 Å². The van der Waals surface area contributed by atoms with E-state index >= 15 is 8.78 Å². The lowest BCUT2D eigenvalue weighted by atomic mass is 9.86. The van der Waals surface area contributed by atoms with Crippen molar-refractivity contribution in [1.82, 2.24) is 19.9 Å². The smallest absolute Gasteiger partial charge is 0.178 e. The topological polar surface area (TPSA) is 57.3 Å². The Bertz CT molecular complexity index is 1480. The van der Waals surface area contributed by atoms with Crippen molar-refractivity contribution in [3.63, 3.8) is 0 Å². The fourth-order valence-corrected chi connectivity index (χ4v) is 5.90. The Morgan fingerprint density at radius 2 is 1.89 bits per heavy atom. The normalized spacial score (nSPS) is 16.7. The number of fused-ring (bicyclic) bond motifs is 2. The third-order valence-electron chi connectivity index (χ3n) is 7.95. The number of ether oxygens (including phenoxy) is 1. The van der Waals surface area contributed by atoms with Gasteiger partial charge in [-0.2, -0.15) is 0 Å². The lowest BCUT2D eigenvalue weighted by molar-refractivity contribution is 0.256. The van der Waals surface area contributed by atoms with Gasteiger partial charge in [-0.1, -0.05) is 12.1 Å². The minimum atomic E-state index is -0.580. The van der Waals surface area contributed by atoms with Gasteiger partial charge in [-0.15, -0.1) is 0 Å². The van der Waals surface area contributed by atoms with Crippen LogP contribution in [0.5, 0.6) is 5.75 Å². The van der Waals surface area contributed by atoms with Crippen molar-refractivity contribution in [2.24, 2.45) is 0 Å². The maximum Gasteiger partial charge on any atom is 0.178 e. The van der Waals surface area contributed by atoms with Crippen LogP contribution in [-0.2, 0) is 6.42 Å². The van der Waals surface area contributed by atoms with Crippen molar-refractivity contribution in [3.8, 4) is 17.0 Å². The number of likely N-dealkylation sites (tertiary alicyclic amines) is 1. The van der Waals surface area contributed by atoms with E-state index in [0.29, 0.717) is 42.6 Å². The first-order chi connectivity index (χ1) is 18.4. The second-order valence-corrected chi connectivity index (χ2v) is 10.8. The first kappa shape index (κ1) is 24.8. The molecular weight excluding hydrogens is 484 g/mol. The standard InChI is InChI=1S/C30H33F2N5O/c1-18(2)37-12-13-38-30-24(31)14-21(15-26(30)37)29-25(32)17-34-27(35-29)16-20-4-5-22(23-6-9-33-28(20)23)19-7-10-36(3)11-8-19/h4-6,9,14-15,17-19,33H,7-8,10-13,16H2,1-3H3. The van der Waals surface area contributed by atoms with E-state index in [1.165, 1.54) is 23.2 Å². The van der Waals surface area contributed by atoms with Crippen molar-refractivity contribution in [1.29, 1.82) is 0 Å². The van der Waals surface area contributed by atoms with Crippen LogP contribution < -0.4 is 9.64 Å². The summed E-state index contributed by atoms with van der Waals surface area (Å²) >= 11 is 0. The average molecular weight is 518 g/mol. The van der Waals surface area contributed by atoms with Crippen molar-refractivity contribution in [2.45, 2.75) is 45.1 Å². The number of aromatic nitrogens is 3. The fourth-order valence-electron chi connectivity index (χ4n) is 5.90. The van der Waals surface area contributed by atoms with Crippen LogP contribution >= 0.6 is 0 Å². The summed E-state index contributed by atoms with van der Waals surface area (Å²) in [5, 5.41) is 1.23. The molecule has 0 atom stereocenters. The molecule has 6 rings (SSSR count). The van der Waals surface area contributed by atoms with Crippen molar-refractivity contribution < 1.29 is 13.5 Å². The van der Waals surface area contributed by atoms with E-state index in [1.807, 2.05) is 20.0 Å². The van der Waals surface area contributed by atoms with Crippen LogP contribution in [0, 0.1) is 11.6 Å². The Morgan fingerprint density at radius 1 is 1.08 bits per heavy atom. The predicted molar refractivity (Wildman–Crippen MR) is 146 cm³/mol. The van der Waals surface area contributed by atoms with Gasteiger partial charge < -0.3 is 19.5 Å². The van der Waals surface area contributed by atoms with Crippen molar-refractivity contribution in [2.75, 3.05) is 38.2 Å². The summed E-state index contributed by atoms with van der Waals surface area (Å²) in [6.45, 7) is 7.36. The Hall–Kier alpha value is -3.52. The van der Waals surface area contributed by atoms with Crippen LogP contribution in [0.25, 0.3) is 22.2 Å². The van der Waals surface area contributed by atoms with E-state index in [4.69, 9.17) is 4.74 Å². The molecule has 0 radical (unpaired) electrons. The number of hydrogen-bond donors (Lipinski definition) is 1. The van der Waals surface area contributed by atoms with E-state index in [2.05, 4.69) is 50.0 Å². The molecule has 0 aliphatic carbocycles. The molecule has 8 heteroatoms. The van der Waals surface area contributed by atoms with Crippen LogP contribution in [0.3, 0.4) is 0 Å². The van der Waals surface area contributed by atoms with Crippen LogP contribution in [0.4, 0.5) is 14.5 Å². The third-order valence-corrected chi connectivity index (χ3v) is 7.95. The molecule has 0 spiro atoms. The summed E-state index contributed by atoms with van der Waals surface area (Å²) in [5.41, 5.74) is 4.59. The number of halogens is 2. The van der Waals surface area contributed by atoms with Gasteiger partial charge in [-0.3, -0.25) is 0 Å². The van der Waals surface area contributed by atoms with E-state index in [0.717, 1.165) is 37.0 Å². The number of piperidine rings is 1. The first-order valence-corrected chi connectivity index (χ1v) is 13.4. The highest BCUT2D eigenvalue weighted by atomic mass is 19.1. The average Bonchev–Trinajstić information content (AvgIpc) is 3.41. The number of nitrogens with zero attached hydrogens (tertiary/aromatic N) is 4.